The van der Waals surface area contributed by atoms with E-state index in [4.69, 9.17) is 5.11 Å². The molecule has 0 rings (SSSR count). The van der Waals surface area contributed by atoms with Crippen molar-refractivity contribution in [3.05, 3.63) is 7.43 Å². The van der Waals surface area contributed by atoms with E-state index in [1.54, 1.807) is 0 Å². The fourth-order valence-corrected chi connectivity index (χ4v) is 0. The summed E-state index contributed by atoms with van der Waals surface area (Å²) in [4.78, 5) is 0. The van der Waals surface area contributed by atoms with Crippen molar-refractivity contribution in [1.82, 2.24) is 0 Å². The van der Waals surface area contributed by atoms with Gasteiger partial charge < -0.3 is 12.5 Å². The molecule has 0 aliphatic heterocycles. The first-order valence-corrected chi connectivity index (χ1v) is 0.447. The van der Waals surface area contributed by atoms with Crippen LogP contribution in [0.1, 0.15) is 5.71 Å². The van der Waals surface area contributed by atoms with Gasteiger partial charge in [0.2, 0.25) is 0 Å². The topological polar surface area (TPSA) is 20.2 Å². The Morgan fingerprint density at radius 1 is 1.50 bits per heavy atom. The summed E-state index contributed by atoms with van der Waals surface area (Å²) in [5, 5.41) is 7.00. The summed E-state index contributed by atoms with van der Waals surface area (Å²) >= 11 is 0. The van der Waals surface area contributed by atoms with Crippen molar-refractivity contribution < 1.29 is 31.9 Å². The molecule has 32 valence electrons. The van der Waals surface area contributed by atoms with Crippen LogP contribution >= 0.6 is 0 Å². The van der Waals surface area contributed by atoms with Crippen molar-refractivity contribution in [2.24, 2.45) is 0 Å². The van der Waals surface area contributed by atoms with Gasteiger partial charge in [0.1, 0.15) is 0 Å². The van der Waals surface area contributed by atoms with Crippen LogP contribution in [0.25, 0.3) is 0 Å². The Kier molecular flexibility index (Phi) is 347. The van der Waals surface area contributed by atoms with E-state index in [1.807, 2.05) is 0 Å². The number of hydrogen-bond donors (Lipinski definition) is 1. The van der Waals surface area contributed by atoms with Crippen LogP contribution in [0.3, 0.4) is 0 Å². The standard InChI is InChI=1S/CH4O.CH3.Pt/c1-2;;/h2H,1H3;1H3;/q;-1;/p+4. The van der Waals surface area contributed by atoms with E-state index in [2.05, 4.69) is 0 Å². The molecule has 0 aromatic carbocycles. The monoisotopic (exact) mass is 246 g/mol. The zero-order valence-electron chi connectivity index (χ0n) is 6.76. The van der Waals surface area contributed by atoms with Crippen molar-refractivity contribution >= 4 is 0 Å². The Balaban J connectivity index is -0.000000000333. The van der Waals surface area contributed by atoms with Crippen LogP contribution in [0.5, 0.6) is 0 Å². The predicted molar refractivity (Wildman–Crippen MR) is 19.0 cm³/mol. The minimum absolute atomic E-state index is 0. The van der Waals surface area contributed by atoms with Crippen molar-refractivity contribution in [2.75, 3.05) is 7.11 Å². The first kappa shape index (κ1) is 22.8. The van der Waals surface area contributed by atoms with E-state index in [0.717, 1.165) is 7.11 Å². The van der Waals surface area contributed by atoms with E-state index in [1.165, 1.54) is 0 Å². The van der Waals surface area contributed by atoms with Crippen molar-refractivity contribution in [3.63, 3.8) is 0 Å². The van der Waals surface area contributed by atoms with Gasteiger partial charge in [0, 0.05) is 28.2 Å². The summed E-state index contributed by atoms with van der Waals surface area (Å²) in [6, 6.07) is 0. The van der Waals surface area contributed by atoms with E-state index in [9.17, 15) is 0 Å². The molecule has 2 heteroatoms. The van der Waals surface area contributed by atoms with Crippen LogP contribution in [0, 0.1) is 7.43 Å². The van der Waals surface area contributed by atoms with Crippen molar-refractivity contribution in [2.45, 2.75) is 0 Å². The van der Waals surface area contributed by atoms with Gasteiger partial charge in [-0.15, -0.1) is 0 Å². The van der Waals surface area contributed by atoms with Crippen LogP contribution in [0.4, 0.5) is 0 Å². The number of aliphatic hydroxyl groups excluding tert-OH is 1. The number of hydrogen-bond acceptors (Lipinski definition) is 1. The maximum atomic E-state index is 7.00. The van der Waals surface area contributed by atoms with E-state index in [-0.39, 0.29) is 34.2 Å². The molecule has 0 aromatic heterocycles. The molecule has 0 amide bonds. The van der Waals surface area contributed by atoms with Crippen LogP contribution in [0.2, 0.25) is 0 Å². The van der Waals surface area contributed by atoms with Gasteiger partial charge in [0.15, 0.2) is 0 Å². The smallest absolute Gasteiger partial charge is 0.400 e. The molecule has 0 bridgehead atoms. The molecule has 0 spiro atoms. The SMILES string of the molecule is CO.[CH3-].[H+].[H+].[H+].[H+].[Pt]. The normalized spacial score (nSPS) is 1.50. The fourth-order valence-electron chi connectivity index (χ4n) is 0. The second-order valence-electron chi connectivity index (χ2n) is 0. The molecule has 0 unspecified atom stereocenters. The molecular weight excluding hydrogens is 235 g/mol. The van der Waals surface area contributed by atoms with Gasteiger partial charge in [-0.05, 0) is 0 Å². The van der Waals surface area contributed by atoms with Crippen LogP contribution in [-0.4, -0.2) is 12.2 Å². The second-order valence-corrected chi connectivity index (χ2v) is 0. The van der Waals surface area contributed by atoms with Crippen LogP contribution < -0.4 is 0 Å². The molecule has 0 saturated carbocycles. The molecule has 0 saturated heterocycles. The molecule has 0 aromatic rings. The molecule has 0 aliphatic carbocycles. The van der Waals surface area contributed by atoms with Gasteiger partial charge in [-0.1, -0.05) is 0 Å². The predicted octanol–water partition coefficient (Wildman–Crippen LogP) is 0.506. The Bertz CT molecular complexity index is 14.0. The van der Waals surface area contributed by atoms with Gasteiger partial charge in [-0.3, -0.25) is 0 Å². The minimum atomic E-state index is 0. The van der Waals surface area contributed by atoms with E-state index < -0.39 is 0 Å². The van der Waals surface area contributed by atoms with Crippen LogP contribution in [-0.2, 0) is 21.1 Å². The molecule has 0 fully saturated rings. The Morgan fingerprint density at radius 3 is 1.50 bits per heavy atom. The summed E-state index contributed by atoms with van der Waals surface area (Å²) in [7, 11) is 1.00. The second kappa shape index (κ2) is 60.9. The molecule has 0 aliphatic rings. The van der Waals surface area contributed by atoms with Gasteiger partial charge in [0.25, 0.3) is 0 Å². The van der Waals surface area contributed by atoms with Gasteiger partial charge in [0.05, 0.1) is 0 Å². The average molecular weight is 246 g/mol. The van der Waals surface area contributed by atoms with Crippen molar-refractivity contribution in [3.8, 4) is 0 Å². The van der Waals surface area contributed by atoms with E-state index >= 15 is 0 Å². The van der Waals surface area contributed by atoms with Gasteiger partial charge >= 0.3 is 5.71 Å². The van der Waals surface area contributed by atoms with Gasteiger partial charge in [-0.25, -0.2) is 0 Å². The third-order valence-electron chi connectivity index (χ3n) is 0. The maximum Gasteiger partial charge on any atom is 1.00 e. The summed E-state index contributed by atoms with van der Waals surface area (Å²) in [5.41, 5.74) is 0. The quantitative estimate of drug-likeness (QED) is 0.617. The molecular formula is C2H11OPt+3. The fraction of sp³-hybridized carbons (Fsp3) is 0.500. The third kappa shape index (κ3) is 17.1. The van der Waals surface area contributed by atoms with Gasteiger partial charge in [-0.2, -0.15) is 0 Å². The molecule has 1 nitrogen and oxygen atoms in total. The zero-order chi connectivity index (χ0) is 2.00. The molecule has 0 radical (unpaired) electrons. The Labute approximate surface area is 47.2 Å². The molecule has 1 N–H and O–H groups in total. The Hall–Kier alpha value is 0.648. The summed E-state index contributed by atoms with van der Waals surface area (Å²) in [5.74, 6) is 0. The number of aliphatic hydroxyl groups is 1. The molecule has 0 heterocycles. The largest absolute Gasteiger partial charge is 1.00 e. The molecule has 4 heavy (non-hydrogen) atoms. The summed E-state index contributed by atoms with van der Waals surface area (Å²) in [6.07, 6.45) is 0. The molecule has 0 atom stereocenters. The van der Waals surface area contributed by atoms with Crippen LogP contribution in [0.15, 0.2) is 0 Å². The number of rotatable bonds is 0. The first-order chi connectivity index (χ1) is 1.00. The maximum absolute atomic E-state index is 7.00. The summed E-state index contributed by atoms with van der Waals surface area (Å²) in [6.45, 7) is 0. The third-order valence-corrected chi connectivity index (χ3v) is 0. The Morgan fingerprint density at radius 2 is 1.50 bits per heavy atom. The van der Waals surface area contributed by atoms with Crippen molar-refractivity contribution in [1.29, 1.82) is 0 Å². The van der Waals surface area contributed by atoms with E-state index in [0.29, 0.717) is 0 Å². The first-order valence-electron chi connectivity index (χ1n) is 0.447. The summed E-state index contributed by atoms with van der Waals surface area (Å²) < 4.78 is 0. The zero-order valence-corrected chi connectivity index (χ0v) is 5.04. The average Bonchev–Trinajstić information content (AvgIpc) is 1.00. The minimum Gasteiger partial charge on any atom is -0.400 e.